The van der Waals surface area contributed by atoms with Crippen molar-refractivity contribution in [3.63, 3.8) is 0 Å². The molecule has 2 aromatic rings. The van der Waals surface area contributed by atoms with Crippen LogP contribution in [0.15, 0.2) is 41.7 Å². The van der Waals surface area contributed by atoms with E-state index in [0.29, 0.717) is 5.96 Å². The van der Waals surface area contributed by atoms with Crippen LogP contribution in [0.4, 0.5) is 0 Å². The number of nitrogens with two attached hydrogens (primary N) is 1. The van der Waals surface area contributed by atoms with E-state index >= 15 is 0 Å². The highest BCUT2D eigenvalue weighted by Gasteiger charge is 2.00. The lowest BCUT2D eigenvalue weighted by molar-refractivity contribution is 0.801. The topological polar surface area (TPSA) is 79.1 Å². The summed E-state index contributed by atoms with van der Waals surface area (Å²) in [5.41, 5.74) is 9.47. The van der Waals surface area contributed by atoms with Crippen molar-refractivity contribution in [3.8, 4) is 0 Å². The van der Waals surface area contributed by atoms with Gasteiger partial charge in [0.2, 0.25) is 0 Å². The number of aliphatic imine (C=N–C) groups is 1. The largest absolute Gasteiger partial charge is 0.370 e. The molecule has 0 radical (unpaired) electrons. The van der Waals surface area contributed by atoms with Crippen molar-refractivity contribution in [1.82, 2.24) is 15.3 Å². The Labute approximate surface area is 142 Å². The SMILES string of the molecule is Cc1[nH]cnc1CCCN=C(N)NCCSCc1ccccc1. The zero-order valence-electron chi connectivity index (χ0n) is 13.6. The van der Waals surface area contributed by atoms with E-state index in [1.54, 1.807) is 6.33 Å². The highest BCUT2D eigenvalue weighted by atomic mass is 32.2. The second kappa shape index (κ2) is 9.94. The molecule has 124 valence electrons. The van der Waals surface area contributed by atoms with Gasteiger partial charge in [0.15, 0.2) is 5.96 Å². The first-order valence-corrected chi connectivity index (χ1v) is 9.05. The minimum Gasteiger partial charge on any atom is -0.370 e. The molecule has 0 fully saturated rings. The number of aromatic nitrogens is 2. The molecule has 0 saturated heterocycles. The summed E-state index contributed by atoms with van der Waals surface area (Å²) in [5.74, 6) is 2.57. The van der Waals surface area contributed by atoms with Crippen LogP contribution >= 0.6 is 11.8 Å². The zero-order chi connectivity index (χ0) is 16.3. The van der Waals surface area contributed by atoms with Gasteiger partial charge in [-0.25, -0.2) is 4.98 Å². The summed E-state index contributed by atoms with van der Waals surface area (Å²) in [6.07, 6.45) is 3.62. The zero-order valence-corrected chi connectivity index (χ0v) is 14.4. The Bertz CT molecular complexity index is 594. The van der Waals surface area contributed by atoms with Crippen molar-refractivity contribution in [2.24, 2.45) is 10.7 Å². The predicted octanol–water partition coefficient (Wildman–Crippen LogP) is 2.49. The van der Waals surface area contributed by atoms with Gasteiger partial charge in [-0.15, -0.1) is 0 Å². The average Bonchev–Trinajstić information content (AvgIpc) is 2.97. The molecular weight excluding hydrogens is 306 g/mol. The number of guanidine groups is 1. The molecule has 23 heavy (non-hydrogen) atoms. The molecule has 0 aliphatic carbocycles. The van der Waals surface area contributed by atoms with E-state index in [2.05, 4.69) is 44.5 Å². The van der Waals surface area contributed by atoms with Crippen LogP contribution in [-0.2, 0) is 12.2 Å². The number of H-pyrrole nitrogens is 1. The van der Waals surface area contributed by atoms with Gasteiger partial charge in [-0.2, -0.15) is 11.8 Å². The highest BCUT2D eigenvalue weighted by molar-refractivity contribution is 7.98. The lowest BCUT2D eigenvalue weighted by Gasteiger charge is -2.06. The summed E-state index contributed by atoms with van der Waals surface area (Å²) < 4.78 is 0. The molecule has 1 heterocycles. The van der Waals surface area contributed by atoms with Crippen LogP contribution in [0.2, 0.25) is 0 Å². The lowest BCUT2D eigenvalue weighted by atomic mass is 10.2. The first kappa shape index (κ1) is 17.4. The fourth-order valence-corrected chi connectivity index (χ4v) is 2.98. The van der Waals surface area contributed by atoms with Crippen molar-refractivity contribution in [1.29, 1.82) is 0 Å². The van der Waals surface area contributed by atoms with Crippen LogP contribution in [-0.4, -0.2) is 34.8 Å². The fraction of sp³-hybridized carbons (Fsp3) is 0.412. The Morgan fingerprint density at radius 3 is 2.91 bits per heavy atom. The van der Waals surface area contributed by atoms with Crippen LogP contribution < -0.4 is 11.1 Å². The van der Waals surface area contributed by atoms with Gasteiger partial charge in [0.1, 0.15) is 0 Å². The first-order chi connectivity index (χ1) is 11.3. The molecular formula is C17H25N5S. The van der Waals surface area contributed by atoms with E-state index in [9.17, 15) is 0 Å². The number of thioether (sulfide) groups is 1. The molecule has 0 amide bonds. The van der Waals surface area contributed by atoms with E-state index < -0.39 is 0 Å². The van der Waals surface area contributed by atoms with Gasteiger partial charge >= 0.3 is 0 Å². The Morgan fingerprint density at radius 2 is 2.17 bits per heavy atom. The molecule has 0 unspecified atom stereocenters. The summed E-state index contributed by atoms with van der Waals surface area (Å²) in [4.78, 5) is 11.7. The minimum absolute atomic E-state index is 0.532. The molecule has 2 rings (SSSR count). The lowest BCUT2D eigenvalue weighted by Crippen LogP contribution is -2.33. The number of rotatable bonds is 9. The Balaban J connectivity index is 1.52. The monoisotopic (exact) mass is 331 g/mol. The second-order valence-electron chi connectivity index (χ2n) is 5.31. The van der Waals surface area contributed by atoms with Crippen molar-refractivity contribution >= 4 is 17.7 Å². The number of benzene rings is 1. The summed E-state index contributed by atoms with van der Waals surface area (Å²) in [7, 11) is 0. The third kappa shape index (κ3) is 6.78. The van der Waals surface area contributed by atoms with E-state index in [-0.39, 0.29) is 0 Å². The molecule has 0 spiro atoms. The minimum atomic E-state index is 0.532. The van der Waals surface area contributed by atoms with Crippen LogP contribution in [0, 0.1) is 6.92 Å². The Morgan fingerprint density at radius 1 is 1.35 bits per heavy atom. The summed E-state index contributed by atoms with van der Waals surface area (Å²) in [6, 6.07) is 10.5. The molecule has 5 nitrogen and oxygen atoms in total. The summed E-state index contributed by atoms with van der Waals surface area (Å²) in [6.45, 7) is 3.60. The van der Waals surface area contributed by atoms with E-state index in [0.717, 1.165) is 48.8 Å². The average molecular weight is 331 g/mol. The smallest absolute Gasteiger partial charge is 0.188 e. The highest BCUT2D eigenvalue weighted by Crippen LogP contribution is 2.10. The number of imidazole rings is 1. The number of hydrogen-bond acceptors (Lipinski definition) is 3. The molecule has 0 atom stereocenters. The first-order valence-electron chi connectivity index (χ1n) is 7.90. The van der Waals surface area contributed by atoms with Gasteiger partial charge in [0.25, 0.3) is 0 Å². The van der Waals surface area contributed by atoms with Gasteiger partial charge < -0.3 is 16.0 Å². The molecule has 6 heteroatoms. The quantitative estimate of drug-likeness (QED) is 0.375. The predicted molar refractivity (Wildman–Crippen MR) is 98.7 cm³/mol. The van der Waals surface area contributed by atoms with Crippen molar-refractivity contribution < 1.29 is 0 Å². The van der Waals surface area contributed by atoms with Crippen LogP contribution in [0.3, 0.4) is 0 Å². The third-order valence-corrected chi connectivity index (χ3v) is 4.48. The van der Waals surface area contributed by atoms with E-state index in [1.165, 1.54) is 5.56 Å². The molecule has 0 aliphatic heterocycles. The third-order valence-electron chi connectivity index (χ3n) is 3.45. The fourth-order valence-electron chi connectivity index (χ4n) is 2.16. The molecule has 4 N–H and O–H groups in total. The maximum Gasteiger partial charge on any atom is 0.188 e. The summed E-state index contributed by atoms with van der Waals surface area (Å²) in [5, 5.41) is 3.16. The number of nitrogens with one attached hydrogen (secondary N) is 2. The van der Waals surface area contributed by atoms with E-state index in [4.69, 9.17) is 5.73 Å². The molecule has 1 aromatic carbocycles. The van der Waals surface area contributed by atoms with Crippen molar-refractivity contribution in [3.05, 3.63) is 53.6 Å². The summed E-state index contributed by atoms with van der Waals surface area (Å²) >= 11 is 1.89. The maximum absolute atomic E-state index is 5.86. The number of aromatic amines is 1. The maximum atomic E-state index is 5.86. The van der Waals surface area contributed by atoms with Crippen molar-refractivity contribution in [2.45, 2.75) is 25.5 Å². The Hall–Kier alpha value is -1.95. The second-order valence-corrected chi connectivity index (χ2v) is 6.41. The van der Waals surface area contributed by atoms with Gasteiger partial charge in [-0.1, -0.05) is 30.3 Å². The molecule has 0 bridgehead atoms. The van der Waals surface area contributed by atoms with Gasteiger partial charge in [-0.3, -0.25) is 4.99 Å². The number of nitrogens with zero attached hydrogens (tertiary/aromatic N) is 2. The number of hydrogen-bond donors (Lipinski definition) is 3. The van der Waals surface area contributed by atoms with Gasteiger partial charge in [0, 0.05) is 30.3 Å². The normalized spacial score (nSPS) is 11.6. The van der Waals surface area contributed by atoms with E-state index in [1.807, 2.05) is 24.8 Å². The van der Waals surface area contributed by atoms with Crippen LogP contribution in [0.1, 0.15) is 23.4 Å². The van der Waals surface area contributed by atoms with Crippen molar-refractivity contribution in [2.75, 3.05) is 18.8 Å². The van der Waals surface area contributed by atoms with Gasteiger partial charge in [-0.05, 0) is 25.3 Å². The van der Waals surface area contributed by atoms with Crippen LogP contribution in [0.5, 0.6) is 0 Å². The molecule has 0 saturated carbocycles. The Kier molecular flexibility index (Phi) is 7.52. The molecule has 1 aromatic heterocycles. The van der Waals surface area contributed by atoms with Gasteiger partial charge in [0.05, 0.1) is 12.0 Å². The molecule has 0 aliphatic rings. The standard InChI is InChI=1S/C17H25N5S/c1-14-16(22-13-21-14)8-5-9-19-17(18)20-10-11-23-12-15-6-3-2-4-7-15/h2-4,6-7,13H,5,8-12H2,1H3,(H,21,22)(H3,18,19,20). The van der Waals surface area contributed by atoms with Crippen LogP contribution in [0.25, 0.3) is 0 Å². The number of aryl methyl sites for hydroxylation is 2.